The summed E-state index contributed by atoms with van der Waals surface area (Å²) in [7, 11) is 0. The lowest BCUT2D eigenvalue weighted by Crippen LogP contribution is -2.46. The first kappa shape index (κ1) is 18.9. The van der Waals surface area contributed by atoms with Crippen molar-refractivity contribution >= 4 is 5.91 Å². The van der Waals surface area contributed by atoms with Gasteiger partial charge in [-0.3, -0.25) is 9.69 Å². The molecule has 0 radical (unpaired) electrons. The lowest BCUT2D eigenvalue weighted by atomic mass is 10.1. The smallest absolute Gasteiger partial charge is 0.275 e. The first-order valence-electron chi connectivity index (χ1n) is 9.64. The Labute approximate surface area is 162 Å². The van der Waals surface area contributed by atoms with Gasteiger partial charge in [-0.2, -0.15) is 0 Å². The summed E-state index contributed by atoms with van der Waals surface area (Å²) in [6, 6.07) is 5.75. The average molecular weight is 389 g/mol. The lowest BCUT2D eigenvalue weighted by molar-refractivity contribution is 0.0702. The second-order valence-corrected chi connectivity index (χ2v) is 7.31. The van der Waals surface area contributed by atoms with Gasteiger partial charge in [0.15, 0.2) is 12.3 Å². The topological polar surface area (TPSA) is 79.0 Å². The molecule has 2 fully saturated rings. The molecule has 0 unspecified atom stereocenters. The second kappa shape index (κ2) is 8.28. The minimum absolute atomic E-state index is 0.00421. The van der Waals surface area contributed by atoms with E-state index in [0.29, 0.717) is 18.8 Å². The van der Waals surface area contributed by atoms with Gasteiger partial charge in [-0.1, -0.05) is 12.5 Å². The van der Waals surface area contributed by atoms with Gasteiger partial charge in [0.05, 0.1) is 12.1 Å². The van der Waals surface area contributed by atoms with E-state index in [0.717, 1.165) is 25.9 Å². The van der Waals surface area contributed by atoms with Crippen LogP contribution in [0, 0.1) is 5.82 Å². The van der Waals surface area contributed by atoms with Gasteiger partial charge in [0, 0.05) is 19.2 Å². The number of aliphatic hydroxyl groups is 1. The molecule has 2 aromatic rings. The van der Waals surface area contributed by atoms with E-state index in [1.807, 2.05) is 0 Å². The Morgan fingerprint density at radius 2 is 2.11 bits per heavy atom. The zero-order valence-electron chi connectivity index (χ0n) is 15.6. The summed E-state index contributed by atoms with van der Waals surface area (Å²) in [5, 5.41) is 10.4. The van der Waals surface area contributed by atoms with Gasteiger partial charge < -0.3 is 19.2 Å². The molecular formula is C20H24FN3O4. The molecule has 2 aliphatic rings. The molecule has 0 aliphatic carbocycles. The summed E-state index contributed by atoms with van der Waals surface area (Å²) in [4.78, 5) is 20.8. The van der Waals surface area contributed by atoms with E-state index >= 15 is 0 Å². The van der Waals surface area contributed by atoms with Crippen molar-refractivity contribution in [2.75, 3.05) is 26.2 Å². The van der Waals surface area contributed by atoms with Crippen molar-refractivity contribution in [3.8, 4) is 5.75 Å². The number of carbonyl (C=O) groups excluding carboxylic acids is 1. The number of hydrogen-bond donors (Lipinski definition) is 1. The molecule has 2 aliphatic heterocycles. The molecule has 7 nitrogen and oxygen atoms in total. The molecule has 150 valence electrons. The van der Waals surface area contributed by atoms with Crippen LogP contribution < -0.4 is 4.74 Å². The summed E-state index contributed by atoms with van der Waals surface area (Å²) in [5.74, 6) is -0.0611. The number of halogens is 1. The fourth-order valence-electron chi connectivity index (χ4n) is 3.88. The van der Waals surface area contributed by atoms with Crippen molar-refractivity contribution in [3.63, 3.8) is 0 Å². The van der Waals surface area contributed by atoms with Crippen LogP contribution in [0.25, 0.3) is 0 Å². The first-order chi connectivity index (χ1) is 13.6. The third-order valence-electron chi connectivity index (χ3n) is 5.34. The van der Waals surface area contributed by atoms with E-state index in [1.165, 1.54) is 24.8 Å². The van der Waals surface area contributed by atoms with Gasteiger partial charge in [-0.25, -0.2) is 9.37 Å². The normalized spacial score (nSPS) is 23.1. The fourth-order valence-corrected chi connectivity index (χ4v) is 3.88. The monoisotopic (exact) mass is 389 g/mol. The first-order valence-corrected chi connectivity index (χ1v) is 9.64. The van der Waals surface area contributed by atoms with Crippen molar-refractivity contribution in [2.45, 2.75) is 38.0 Å². The zero-order chi connectivity index (χ0) is 19.5. The third-order valence-corrected chi connectivity index (χ3v) is 5.34. The average Bonchev–Trinajstić information content (AvgIpc) is 3.33. The Hall–Kier alpha value is -2.45. The number of hydrogen-bond acceptors (Lipinski definition) is 6. The predicted octanol–water partition coefficient (Wildman–Crippen LogP) is 2.06. The van der Waals surface area contributed by atoms with Crippen molar-refractivity contribution in [2.24, 2.45) is 0 Å². The number of rotatable bonds is 5. The number of nitrogens with zero attached hydrogens (tertiary/aromatic N) is 3. The number of aromatic nitrogens is 1. The molecule has 28 heavy (non-hydrogen) atoms. The molecule has 8 heteroatoms. The molecule has 1 aromatic heterocycles. The highest BCUT2D eigenvalue weighted by atomic mass is 19.1. The predicted molar refractivity (Wildman–Crippen MR) is 98.4 cm³/mol. The molecular weight excluding hydrogens is 365 g/mol. The Kier molecular flexibility index (Phi) is 5.59. The summed E-state index contributed by atoms with van der Waals surface area (Å²) in [6.45, 7) is 2.71. The molecule has 0 spiro atoms. The molecule has 0 bridgehead atoms. The summed E-state index contributed by atoms with van der Waals surface area (Å²) < 4.78 is 23.9. The number of oxazole rings is 1. The summed E-state index contributed by atoms with van der Waals surface area (Å²) in [6.07, 6.45) is 4.24. The maximum atomic E-state index is 13.2. The van der Waals surface area contributed by atoms with Crippen LogP contribution in [0.3, 0.4) is 0 Å². The third kappa shape index (κ3) is 4.18. The minimum Gasteiger partial charge on any atom is -0.484 e. The van der Waals surface area contributed by atoms with E-state index in [-0.39, 0.29) is 30.1 Å². The molecule has 4 rings (SSSR count). The van der Waals surface area contributed by atoms with Gasteiger partial charge >= 0.3 is 0 Å². The van der Waals surface area contributed by atoms with E-state index < -0.39 is 11.9 Å². The molecule has 1 amide bonds. The van der Waals surface area contributed by atoms with Crippen LogP contribution in [0.2, 0.25) is 0 Å². The molecule has 0 saturated carbocycles. The van der Waals surface area contributed by atoms with Gasteiger partial charge in [0.25, 0.3) is 5.91 Å². The van der Waals surface area contributed by atoms with Crippen LogP contribution in [0.5, 0.6) is 5.75 Å². The highest BCUT2D eigenvalue weighted by Crippen LogP contribution is 2.22. The number of aliphatic hydroxyl groups excluding tert-OH is 1. The van der Waals surface area contributed by atoms with Crippen LogP contribution in [0.1, 0.15) is 35.6 Å². The SMILES string of the molecule is O=C(c1coc(COc2cccc(F)c2)n1)N1C[C@H](O)[C@@H](N2CCCCC2)C1. The standard InChI is InChI=1S/C20H24FN3O4/c21-14-5-4-6-15(9-14)27-13-19-22-16(12-28-19)20(26)24-10-17(18(25)11-24)23-7-2-1-3-8-23/h4-6,9,12,17-18,25H,1-3,7-8,10-11,13H2/t17-,18-/m0/s1. The molecule has 1 aromatic carbocycles. The van der Waals surface area contributed by atoms with E-state index in [1.54, 1.807) is 17.0 Å². The van der Waals surface area contributed by atoms with Crippen LogP contribution >= 0.6 is 0 Å². The fraction of sp³-hybridized carbons (Fsp3) is 0.500. The number of β-amino-alcohol motifs (C(OH)–C–C–N with tert-alkyl or cyclic N) is 1. The lowest BCUT2D eigenvalue weighted by Gasteiger charge is -2.33. The Bertz CT molecular complexity index is 821. The van der Waals surface area contributed by atoms with E-state index in [4.69, 9.17) is 9.15 Å². The van der Waals surface area contributed by atoms with Crippen LogP contribution in [-0.2, 0) is 6.61 Å². The number of amides is 1. The Morgan fingerprint density at radius 1 is 1.29 bits per heavy atom. The minimum atomic E-state index is -0.551. The Balaban J connectivity index is 1.35. The number of benzene rings is 1. The second-order valence-electron chi connectivity index (χ2n) is 7.31. The van der Waals surface area contributed by atoms with Crippen molar-refractivity contribution < 1.29 is 23.4 Å². The zero-order valence-corrected chi connectivity index (χ0v) is 15.6. The molecule has 2 atom stereocenters. The van der Waals surface area contributed by atoms with Gasteiger partial charge in [0.1, 0.15) is 17.8 Å². The van der Waals surface area contributed by atoms with Crippen LogP contribution in [0.4, 0.5) is 4.39 Å². The van der Waals surface area contributed by atoms with Gasteiger partial charge in [-0.15, -0.1) is 0 Å². The summed E-state index contributed by atoms with van der Waals surface area (Å²) in [5.41, 5.74) is 0.185. The van der Waals surface area contributed by atoms with Gasteiger partial charge in [0.2, 0.25) is 5.89 Å². The van der Waals surface area contributed by atoms with E-state index in [2.05, 4.69) is 9.88 Å². The molecule has 1 N–H and O–H groups in total. The number of ether oxygens (including phenoxy) is 1. The maximum absolute atomic E-state index is 13.2. The van der Waals surface area contributed by atoms with Gasteiger partial charge in [-0.05, 0) is 38.1 Å². The molecule has 3 heterocycles. The quantitative estimate of drug-likeness (QED) is 0.843. The van der Waals surface area contributed by atoms with Crippen molar-refractivity contribution in [3.05, 3.63) is 47.9 Å². The largest absolute Gasteiger partial charge is 0.484 e. The summed E-state index contributed by atoms with van der Waals surface area (Å²) >= 11 is 0. The highest BCUT2D eigenvalue weighted by Gasteiger charge is 2.38. The number of piperidine rings is 1. The van der Waals surface area contributed by atoms with Crippen molar-refractivity contribution in [1.82, 2.24) is 14.8 Å². The van der Waals surface area contributed by atoms with Crippen LogP contribution in [0.15, 0.2) is 34.9 Å². The van der Waals surface area contributed by atoms with E-state index in [9.17, 15) is 14.3 Å². The highest BCUT2D eigenvalue weighted by molar-refractivity contribution is 5.92. The maximum Gasteiger partial charge on any atom is 0.275 e. The van der Waals surface area contributed by atoms with Crippen molar-refractivity contribution in [1.29, 1.82) is 0 Å². The number of likely N-dealkylation sites (tertiary alicyclic amines) is 2. The van der Waals surface area contributed by atoms with Crippen LogP contribution in [-0.4, -0.2) is 64.1 Å². The Morgan fingerprint density at radius 3 is 2.89 bits per heavy atom. The molecule has 2 saturated heterocycles. The number of carbonyl (C=O) groups is 1.